The number of anilines is 3. The molecular formula is C19H17N3O4. The van der Waals surface area contributed by atoms with Gasteiger partial charge >= 0.3 is 0 Å². The molecule has 132 valence electrons. The lowest BCUT2D eigenvalue weighted by molar-refractivity contribution is 0.0966. The third-order valence-electron chi connectivity index (χ3n) is 4.54. The maximum Gasteiger partial charge on any atom is 0.254 e. The van der Waals surface area contributed by atoms with Gasteiger partial charge in [0.15, 0.2) is 0 Å². The molecule has 1 unspecified atom stereocenters. The molecule has 2 heterocycles. The van der Waals surface area contributed by atoms with Crippen LogP contribution in [0.25, 0.3) is 0 Å². The number of carbonyl (C=O) groups excluding carboxylic acids is 1. The standard InChI is InChI=1S/C19H17N3O4/c1-9-6-7-13(26-9)10(2)21-15-16(18(24)17(15)23)22-12-5-3-4-11-8-20-19(25)14(11)12/h3-7,10,21-22H,8H2,1-2H3,(H,20,25). The third kappa shape index (κ3) is 2.48. The Balaban J connectivity index is 1.63. The molecule has 1 aliphatic rings. The topological polar surface area (TPSA) is 100 Å². The van der Waals surface area contributed by atoms with Gasteiger partial charge in [0, 0.05) is 6.54 Å². The van der Waals surface area contributed by atoms with E-state index in [0.29, 0.717) is 23.6 Å². The molecule has 0 bridgehead atoms. The van der Waals surface area contributed by atoms with Gasteiger partial charge in [-0.2, -0.15) is 0 Å². The monoisotopic (exact) mass is 351 g/mol. The zero-order valence-corrected chi connectivity index (χ0v) is 14.3. The summed E-state index contributed by atoms with van der Waals surface area (Å²) >= 11 is 0. The Morgan fingerprint density at radius 2 is 1.85 bits per heavy atom. The Morgan fingerprint density at radius 1 is 1.08 bits per heavy atom. The van der Waals surface area contributed by atoms with Crippen LogP contribution in [0.15, 0.2) is 44.3 Å². The molecule has 0 fully saturated rings. The molecule has 1 aliphatic heterocycles. The quantitative estimate of drug-likeness (QED) is 0.610. The lowest BCUT2D eigenvalue weighted by Crippen LogP contribution is -2.37. The van der Waals surface area contributed by atoms with Gasteiger partial charge in [0.1, 0.15) is 22.9 Å². The average molecular weight is 351 g/mol. The number of hydrogen-bond acceptors (Lipinski definition) is 6. The summed E-state index contributed by atoms with van der Waals surface area (Å²) < 4.78 is 5.55. The maximum atomic E-state index is 12.0. The van der Waals surface area contributed by atoms with Crippen molar-refractivity contribution in [2.45, 2.75) is 26.4 Å². The van der Waals surface area contributed by atoms with Crippen LogP contribution in [0.1, 0.15) is 40.4 Å². The molecule has 7 nitrogen and oxygen atoms in total. The number of nitrogens with one attached hydrogen (secondary N) is 3. The molecular weight excluding hydrogens is 334 g/mol. The molecule has 1 atom stereocenters. The minimum atomic E-state index is -0.605. The largest absolute Gasteiger partial charge is 0.464 e. The summed E-state index contributed by atoms with van der Waals surface area (Å²) in [7, 11) is 0. The van der Waals surface area contributed by atoms with Crippen LogP contribution < -0.4 is 26.8 Å². The van der Waals surface area contributed by atoms with Crippen molar-refractivity contribution < 1.29 is 9.21 Å². The van der Waals surface area contributed by atoms with Crippen molar-refractivity contribution in [3.8, 4) is 0 Å². The molecule has 7 heteroatoms. The van der Waals surface area contributed by atoms with Crippen molar-refractivity contribution in [1.29, 1.82) is 0 Å². The van der Waals surface area contributed by atoms with Gasteiger partial charge in [0.05, 0.1) is 17.3 Å². The summed E-state index contributed by atoms with van der Waals surface area (Å²) in [6.45, 7) is 4.13. The fourth-order valence-corrected chi connectivity index (χ4v) is 3.14. The predicted octanol–water partition coefficient (Wildman–Crippen LogP) is 2.34. The van der Waals surface area contributed by atoms with E-state index in [0.717, 1.165) is 11.3 Å². The Labute approximate surface area is 148 Å². The fraction of sp³-hybridized carbons (Fsp3) is 0.211. The van der Waals surface area contributed by atoms with Crippen molar-refractivity contribution in [3.05, 3.63) is 73.4 Å². The van der Waals surface area contributed by atoms with E-state index in [9.17, 15) is 14.4 Å². The second kappa shape index (κ2) is 5.87. The van der Waals surface area contributed by atoms with Gasteiger partial charge in [-0.15, -0.1) is 0 Å². The van der Waals surface area contributed by atoms with Crippen LogP contribution in [0.4, 0.5) is 17.1 Å². The fourth-order valence-electron chi connectivity index (χ4n) is 3.14. The maximum absolute atomic E-state index is 12.0. The Hall–Kier alpha value is -3.35. The Kier molecular flexibility index (Phi) is 3.64. The summed E-state index contributed by atoms with van der Waals surface area (Å²) in [6, 6.07) is 8.73. The van der Waals surface area contributed by atoms with Crippen LogP contribution in [0, 0.1) is 6.92 Å². The summed E-state index contributed by atoms with van der Waals surface area (Å²) in [6.07, 6.45) is 0. The normalized spacial score (nSPS) is 14.2. The highest BCUT2D eigenvalue weighted by Gasteiger charge is 2.27. The Bertz CT molecular complexity index is 1090. The second-order valence-corrected chi connectivity index (χ2v) is 6.37. The minimum Gasteiger partial charge on any atom is -0.464 e. The van der Waals surface area contributed by atoms with E-state index in [1.54, 1.807) is 12.1 Å². The van der Waals surface area contributed by atoms with Crippen LogP contribution in [-0.2, 0) is 6.54 Å². The smallest absolute Gasteiger partial charge is 0.254 e. The molecule has 1 amide bonds. The SMILES string of the molecule is Cc1ccc(C(C)Nc2c(Nc3cccc4c3C(=O)NC4)c(=O)c2=O)o1. The van der Waals surface area contributed by atoms with Gasteiger partial charge in [-0.25, -0.2) is 0 Å². The average Bonchev–Trinajstić information content (AvgIpc) is 3.24. The van der Waals surface area contributed by atoms with E-state index < -0.39 is 10.9 Å². The zero-order valence-electron chi connectivity index (χ0n) is 14.3. The number of aryl methyl sites for hydroxylation is 1. The molecule has 3 aromatic rings. The van der Waals surface area contributed by atoms with Crippen molar-refractivity contribution in [2.75, 3.05) is 10.6 Å². The molecule has 0 saturated carbocycles. The van der Waals surface area contributed by atoms with Gasteiger partial charge in [0.25, 0.3) is 16.8 Å². The summed E-state index contributed by atoms with van der Waals surface area (Å²) in [5.74, 6) is 1.24. The number of benzene rings is 1. The first-order valence-electron chi connectivity index (χ1n) is 8.29. The van der Waals surface area contributed by atoms with Gasteiger partial charge in [-0.05, 0) is 37.6 Å². The second-order valence-electron chi connectivity index (χ2n) is 6.37. The van der Waals surface area contributed by atoms with Crippen molar-refractivity contribution in [2.24, 2.45) is 0 Å². The number of furan rings is 1. The molecule has 26 heavy (non-hydrogen) atoms. The highest BCUT2D eigenvalue weighted by atomic mass is 16.3. The van der Waals surface area contributed by atoms with Gasteiger partial charge in [-0.3, -0.25) is 14.4 Å². The van der Waals surface area contributed by atoms with Crippen molar-refractivity contribution >= 4 is 23.0 Å². The molecule has 3 N–H and O–H groups in total. The molecule has 0 saturated heterocycles. The first-order valence-corrected chi connectivity index (χ1v) is 8.29. The highest BCUT2D eigenvalue weighted by Crippen LogP contribution is 2.30. The first kappa shape index (κ1) is 16.1. The summed E-state index contributed by atoms with van der Waals surface area (Å²) in [5.41, 5.74) is 1.04. The third-order valence-corrected chi connectivity index (χ3v) is 4.54. The van der Waals surface area contributed by atoms with Crippen LogP contribution in [0.2, 0.25) is 0 Å². The highest BCUT2D eigenvalue weighted by molar-refractivity contribution is 6.04. The van der Waals surface area contributed by atoms with E-state index in [1.807, 2.05) is 32.0 Å². The van der Waals surface area contributed by atoms with E-state index in [-0.39, 0.29) is 23.3 Å². The van der Waals surface area contributed by atoms with Gasteiger partial charge in [0.2, 0.25) is 0 Å². The minimum absolute atomic E-state index is 0.165. The van der Waals surface area contributed by atoms with Crippen LogP contribution in [0.3, 0.4) is 0 Å². The van der Waals surface area contributed by atoms with Crippen LogP contribution >= 0.6 is 0 Å². The van der Waals surface area contributed by atoms with Gasteiger partial charge < -0.3 is 20.4 Å². The number of hydrogen-bond donors (Lipinski definition) is 3. The lowest BCUT2D eigenvalue weighted by Gasteiger charge is -2.19. The summed E-state index contributed by atoms with van der Waals surface area (Å²) in [4.78, 5) is 36.1. The molecule has 0 spiro atoms. The molecule has 4 rings (SSSR count). The van der Waals surface area contributed by atoms with Gasteiger partial charge in [-0.1, -0.05) is 12.1 Å². The van der Waals surface area contributed by atoms with E-state index in [2.05, 4.69) is 16.0 Å². The molecule has 0 radical (unpaired) electrons. The van der Waals surface area contributed by atoms with E-state index in [4.69, 9.17) is 4.42 Å². The van der Waals surface area contributed by atoms with Crippen LogP contribution in [0.5, 0.6) is 0 Å². The summed E-state index contributed by atoms with van der Waals surface area (Å²) in [5, 5.41) is 8.73. The van der Waals surface area contributed by atoms with Crippen molar-refractivity contribution in [3.63, 3.8) is 0 Å². The number of fused-ring (bicyclic) bond motifs is 1. The lowest BCUT2D eigenvalue weighted by atomic mass is 10.1. The number of carbonyl (C=O) groups is 1. The van der Waals surface area contributed by atoms with Crippen LogP contribution in [-0.4, -0.2) is 5.91 Å². The number of amides is 1. The first-order chi connectivity index (χ1) is 12.5. The molecule has 2 aromatic carbocycles. The van der Waals surface area contributed by atoms with E-state index >= 15 is 0 Å². The Morgan fingerprint density at radius 3 is 2.58 bits per heavy atom. The predicted molar refractivity (Wildman–Crippen MR) is 97.7 cm³/mol. The molecule has 0 aliphatic carbocycles. The zero-order chi connectivity index (χ0) is 18.4. The van der Waals surface area contributed by atoms with Crippen molar-refractivity contribution in [1.82, 2.24) is 5.32 Å². The molecule has 1 aromatic heterocycles. The number of rotatable bonds is 5. The van der Waals surface area contributed by atoms with E-state index in [1.165, 1.54) is 0 Å².